The Hall–Kier alpha value is -2.37. The van der Waals surface area contributed by atoms with E-state index in [9.17, 15) is 0 Å². The standard InChI is InChI=1S/C17H21N5O/c1-23-16-9-5-13(6-10-16)11-12-21-17(18-19-20-21)22-14-3-2-4-15(22)8-7-14/h2-3,5-6,9-10,14-15H,4,7-8,11-12H2,1H3. The molecule has 1 aromatic carbocycles. The number of anilines is 1. The molecule has 2 aromatic rings. The molecule has 6 nitrogen and oxygen atoms in total. The SMILES string of the molecule is COc1ccc(CCn2nnnc2N2C3C=CCC2CC3)cc1. The highest BCUT2D eigenvalue weighted by atomic mass is 16.5. The third-order valence-corrected chi connectivity index (χ3v) is 4.83. The molecule has 2 unspecified atom stereocenters. The van der Waals surface area contributed by atoms with Gasteiger partial charge in [-0.1, -0.05) is 29.4 Å². The molecule has 23 heavy (non-hydrogen) atoms. The van der Waals surface area contributed by atoms with Crippen LogP contribution in [0.3, 0.4) is 0 Å². The van der Waals surface area contributed by atoms with Crippen molar-refractivity contribution in [3.63, 3.8) is 0 Å². The van der Waals surface area contributed by atoms with Gasteiger partial charge in [0.25, 0.3) is 0 Å². The van der Waals surface area contributed by atoms with Gasteiger partial charge >= 0.3 is 0 Å². The van der Waals surface area contributed by atoms with Crippen LogP contribution in [-0.2, 0) is 13.0 Å². The van der Waals surface area contributed by atoms with Crippen molar-refractivity contribution in [3.8, 4) is 5.75 Å². The number of methoxy groups -OCH3 is 1. The summed E-state index contributed by atoms with van der Waals surface area (Å²) < 4.78 is 7.14. The van der Waals surface area contributed by atoms with Gasteiger partial charge in [0.15, 0.2) is 0 Å². The quantitative estimate of drug-likeness (QED) is 0.793. The topological polar surface area (TPSA) is 56.1 Å². The zero-order chi connectivity index (χ0) is 15.6. The second-order valence-electron chi connectivity index (χ2n) is 6.17. The first-order valence-corrected chi connectivity index (χ1v) is 8.19. The van der Waals surface area contributed by atoms with Gasteiger partial charge in [-0.05, 0) is 53.8 Å². The van der Waals surface area contributed by atoms with Crippen LogP contribution in [0.4, 0.5) is 5.95 Å². The molecule has 0 saturated carbocycles. The van der Waals surface area contributed by atoms with Crippen LogP contribution in [0.15, 0.2) is 36.4 Å². The molecule has 120 valence electrons. The monoisotopic (exact) mass is 311 g/mol. The molecular formula is C17H21N5O. The Balaban J connectivity index is 1.48. The van der Waals surface area contributed by atoms with Gasteiger partial charge in [0, 0.05) is 6.04 Å². The van der Waals surface area contributed by atoms with Gasteiger partial charge in [-0.3, -0.25) is 0 Å². The van der Waals surface area contributed by atoms with E-state index < -0.39 is 0 Å². The third-order valence-electron chi connectivity index (χ3n) is 4.83. The molecule has 0 radical (unpaired) electrons. The lowest BCUT2D eigenvalue weighted by Crippen LogP contribution is -2.39. The van der Waals surface area contributed by atoms with Gasteiger partial charge in [0.1, 0.15) is 5.75 Å². The smallest absolute Gasteiger partial charge is 0.246 e. The van der Waals surface area contributed by atoms with Gasteiger partial charge in [-0.2, -0.15) is 0 Å². The van der Waals surface area contributed by atoms with Gasteiger partial charge in [0.2, 0.25) is 5.95 Å². The molecule has 2 bridgehead atoms. The van der Waals surface area contributed by atoms with E-state index in [-0.39, 0.29) is 0 Å². The average molecular weight is 311 g/mol. The maximum absolute atomic E-state index is 5.20. The molecule has 0 aliphatic carbocycles. The minimum absolute atomic E-state index is 0.458. The van der Waals surface area contributed by atoms with Crippen molar-refractivity contribution >= 4 is 5.95 Å². The second kappa shape index (κ2) is 6.02. The zero-order valence-electron chi connectivity index (χ0n) is 13.3. The van der Waals surface area contributed by atoms with Gasteiger partial charge in [0.05, 0.1) is 19.7 Å². The number of rotatable bonds is 5. The molecule has 2 aliphatic heterocycles. The summed E-state index contributed by atoms with van der Waals surface area (Å²) in [6.07, 6.45) is 9.02. The first kappa shape index (κ1) is 14.2. The number of nitrogens with zero attached hydrogens (tertiary/aromatic N) is 5. The van der Waals surface area contributed by atoms with Crippen molar-refractivity contribution in [2.45, 2.75) is 44.3 Å². The molecule has 1 fully saturated rings. The molecule has 0 amide bonds. The molecule has 4 rings (SSSR count). The maximum atomic E-state index is 5.20. The Kier molecular flexibility index (Phi) is 3.73. The highest BCUT2D eigenvalue weighted by Crippen LogP contribution is 2.34. The number of aryl methyl sites for hydroxylation is 2. The lowest BCUT2D eigenvalue weighted by atomic mass is 10.1. The highest BCUT2D eigenvalue weighted by molar-refractivity contribution is 5.40. The summed E-state index contributed by atoms with van der Waals surface area (Å²) in [4.78, 5) is 2.40. The Morgan fingerprint density at radius 1 is 1.22 bits per heavy atom. The van der Waals surface area contributed by atoms with Crippen molar-refractivity contribution in [2.75, 3.05) is 12.0 Å². The molecule has 1 aromatic heterocycles. The maximum Gasteiger partial charge on any atom is 0.246 e. The normalized spacial score (nSPS) is 22.6. The minimum Gasteiger partial charge on any atom is -0.497 e. The van der Waals surface area contributed by atoms with E-state index in [0.717, 1.165) is 31.1 Å². The minimum atomic E-state index is 0.458. The van der Waals surface area contributed by atoms with E-state index in [1.165, 1.54) is 18.4 Å². The van der Waals surface area contributed by atoms with Crippen LogP contribution in [0, 0.1) is 0 Å². The number of hydrogen-bond donors (Lipinski definition) is 0. The van der Waals surface area contributed by atoms with Crippen LogP contribution in [0.1, 0.15) is 24.8 Å². The van der Waals surface area contributed by atoms with Crippen LogP contribution in [0.5, 0.6) is 5.75 Å². The largest absolute Gasteiger partial charge is 0.497 e. The molecule has 2 atom stereocenters. The van der Waals surface area contributed by atoms with Gasteiger partial charge in [-0.15, -0.1) is 0 Å². The van der Waals surface area contributed by atoms with Crippen LogP contribution in [0.2, 0.25) is 0 Å². The summed E-state index contributed by atoms with van der Waals surface area (Å²) in [6.45, 7) is 0.786. The van der Waals surface area contributed by atoms with Crippen LogP contribution in [0.25, 0.3) is 0 Å². The first-order chi connectivity index (χ1) is 11.3. The van der Waals surface area contributed by atoms with E-state index in [1.54, 1.807) is 7.11 Å². The second-order valence-corrected chi connectivity index (χ2v) is 6.17. The van der Waals surface area contributed by atoms with Crippen LogP contribution >= 0.6 is 0 Å². The molecule has 0 N–H and O–H groups in total. The Labute approximate surface area is 135 Å². The van der Waals surface area contributed by atoms with E-state index >= 15 is 0 Å². The lowest BCUT2D eigenvalue weighted by Gasteiger charge is -2.31. The first-order valence-electron chi connectivity index (χ1n) is 8.19. The van der Waals surface area contributed by atoms with Crippen molar-refractivity contribution in [1.29, 1.82) is 0 Å². The summed E-state index contributed by atoms with van der Waals surface area (Å²) in [5, 5.41) is 12.4. The zero-order valence-corrected chi connectivity index (χ0v) is 13.3. The molecule has 3 heterocycles. The van der Waals surface area contributed by atoms with E-state index in [1.807, 2.05) is 16.8 Å². The number of tetrazole rings is 1. The van der Waals surface area contributed by atoms with Crippen molar-refractivity contribution < 1.29 is 4.74 Å². The summed E-state index contributed by atoms with van der Waals surface area (Å²) >= 11 is 0. The fourth-order valence-corrected chi connectivity index (χ4v) is 3.59. The van der Waals surface area contributed by atoms with Crippen molar-refractivity contribution in [2.24, 2.45) is 0 Å². The van der Waals surface area contributed by atoms with E-state index in [2.05, 4.69) is 44.7 Å². The highest BCUT2D eigenvalue weighted by Gasteiger charge is 2.36. The number of benzene rings is 1. The Bertz CT molecular complexity index is 693. The van der Waals surface area contributed by atoms with E-state index in [0.29, 0.717) is 12.1 Å². The summed E-state index contributed by atoms with van der Waals surface area (Å²) in [6, 6.07) is 9.18. The van der Waals surface area contributed by atoms with Crippen molar-refractivity contribution in [1.82, 2.24) is 20.2 Å². The molecule has 2 aliphatic rings. The van der Waals surface area contributed by atoms with E-state index in [4.69, 9.17) is 4.74 Å². The summed E-state index contributed by atoms with van der Waals surface area (Å²) in [5.41, 5.74) is 1.26. The molecular weight excluding hydrogens is 290 g/mol. The predicted octanol–water partition coefficient (Wildman–Crippen LogP) is 2.22. The van der Waals surface area contributed by atoms with Gasteiger partial charge < -0.3 is 9.64 Å². The molecule has 0 spiro atoms. The Morgan fingerprint density at radius 2 is 2.09 bits per heavy atom. The summed E-state index contributed by atoms with van der Waals surface area (Å²) in [7, 11) is 1.68. The van der Waals surface area contributed by atoms with Gasteiger partial charge in [-0.25, -0.2) is 4.68 Å². The van der Waals surface area contributed by atoms with Crippen molar-refractivity contribution in [3.05, 3.63) is 42.0 Å². The average Bonchev–Trinajstić information content (AvgIpc) is 3.14. The number of aromatic nitrogens is 4. The van der Waals surface area contributed by atoms with Crippen LogP contribution in [-0.4, -0.2) is 39.4 Å². The fraction of sp³-hybridized carbons (Fsp3) is 0.471. The summed E-state index contributed by atoms with van der Waals surface area (Å²) in [5.74, 6) is 1.80. The van der Waals surface area contributed by atoms with Crippen LogP contribution < -0.4 is 9.64 Å². The molecule has 1 saturated heterocycles. The number of hydrogen-bond acceptors (Lipinski definition) is 5. The predicted molar refractivity (Wildman–Crippen MR) is 87.6 cm³/mol. The fourth-order valence-electron chi connectivity index (χ4n) is 3.59. The third kappa shape index (κ3) is 2.69. The number of ether oxygens (including phenoxy) is 1. The number of fused-ring (bicyclic) bond motifs is 2. The Morgan fingerprint density at radius 3 is 2.87 bits per heavy atom. The molecule has 6 heteroatoms. The lowest BCUT2D eigenvalue weighted by molar-refractivity contribution is 0.414.